The molecule has 0 aromatic carbocycles. The van der Waals surface area contributed by atoms with Crippen LogP contribution in [0.2, 0.25) is 0 Å². The monoisotopic (exact) mass is 740 g/mol. The Morgan fingerprint density at radius 1 is 0.731 bits per heavy atom. The number of hydrogen-bond donors (Lipinski definition) is 4. The van der Waals surface area contributed by atoms with E-state index in [1.54, 1.807) is 0 Å². The van der Waals surface area contributed by atoms with Crippen LogP contribution in [-0.4, -0.2) is 84.4 Å². The fourth-order valence-electron chi connectivity index (χ4n) is 5.74. The number of nitrogens with one attached hydrogen (secondary N) is 3. The van der Waals surface area contributed by atoms with E-state index in [0.717, 1.165) is 44.9 Å². The molecule has 0 spiro atoms. The van der Waals surface area contributed by atoms with Crippen molar-refractivity contribution in [2.75, 3.05) is 0 Å². The largest absolute Gasteiger partial charge is 0.444 e. The molecule has 14 heteroatoms. The summed E-state index contributed by atoms with van der Waals surface area (Å²) in [7, 11) is 0. The maximum Gasteiger partial charge on any atom is 0.407 e. The van der Waals surface area contributed by atoms with E-state index in [9.17, 15) is 14.4 Å². The molecule has 6 atom stereocenters. The maximum atomic E-state index is 12.3. The van der Waals surface area contributed by atoms with E-state index in [-0.39, 0.29) is 80.1 Å². The van der Waals surface area contributed by atoms with Crippen LogP contribution >= 0.6 is 0 Å². The van der Waals surface area contributed by atoms with Crippen LogP contribution in [0.4, 0.5) is 4.79 Å². The predicted molar refractivity (Wildman–Crippen MR) is 198 cm³/mol. The van der Waals surface area contributed by atoms with Crippen LogP contribution in [0.1, 0.15) is 135 Å². The highest BCUT2D eigenvalue weighted by Crippen LogP contribution is 2.27. The smallest absolute Gasteiger partial charge is 0.407 e. The molecule has 0 aromatic rings. The second kappa shape index (κ2) is 28.9. The molecule has 0 unspecified atom stereocenters. The van der Waals surface area contributed by atoms with Gasteiger partial charge < -0.3 is 35.9 Å². The first kappa shape index (κ1) is 52.7. The fourth-order valence-corrected chi connectivity index (χ4v) is 5.74. The molecule has 2 aliphatic carbocycles. The number of hydrogen-bond acceptors (Lipinski definition) is 11. The first-order valence-electron chi connectivity index (χ1n) is 17.9. The van der Waals surface area contributed by atoms with Crippen molar-refractivity contribution in [2.45, 2.75) is 189 Å². The second-order valence-corrected chi connectivity index (χ2v) is 13.4. The summed E-state index contributed by atoms with van der Waals surface area (Å²) < 4.78 is 17.8. The van der Waals surface area contributed by atoms with Gasteiger partial charge in [-0.2, -0.15) is 19.2 Å². The fraction of sp³-hybridized carbons (Fsp3) is 0.763. The van der Waals surface area contributed by atoms with E-state index < -0.39 is 11.7 Å². The molecule has 0 aliphatic heterocycles. The number of ether oxygens (including phenoxy) is 3. The first-order valence-corrected chi connectivity index (χ1v) is 17.9. The van der Waals surface area contributed by atoms with Crippen LogP contribution in [0.25, 0.3) is 0 Å². The van der Waals surface area contributed by atoms with E-state index in [2.05, 4.69) is 69.6 Å². The molecule has 2 rings (SSSR count). The number of alkyl carbamates (subject to hydrolysis) is 1. The van der Waals surface area contributed by atoms with Gasteiger partial charge in [0, 0.05) is 19.9 Å². The molecule has 0 saturated carbocycles. The molecule has 0 bridgehead atoms. The molecule has 14 nitrogen and oxygen atoms in total. The number of carbonyl (C=O) groups is 3. The SMILES string of the molecule is C.CCC1=C[C@@H](OC(CC)CC)[C@H](NC(C)=O)[C@@H](N)C1.CCC1=C[C@@H](OC(CC)CC)[C@H](NC(C)=O)[C@@H](NC(=O)OC(C)(C)C)C1.O=C=O.O=C=O. The lowest BCUT2D eigenvalue weighted by molar-refractivity contribution is -0.193. The molecular formula is C38H68N4O10. The topological polar surface area (TPSA) is 209 Å². The normalized spacial score (nSPS) is 22.0. The summed E-state index contributed by atoms with van der Waals surface area (Å²) in [5.41, 5.74) is 8.17. The van der Waals surface area contributed by atoms with Gasteiger partial charge >= 0.3 is 18.4 Å². The van der Waals surface area contributed by atoms with Gasteiger partial charge in [-0.25, -0.2) is 4.79 Å². The number of amides is 3. The Bertz CT molecular complexity index is 1150. The van der Waals surface area contributed by atoms with Crippen molar-refractivity contribution >= 4 is 30.2 Å². The second-order valence-electron chi connectivity index (χ2n) is 13.4. The minimum atomic E-state index is -0.572. The van der Waals surface area contributed by atoms with Crippen molar-refractivity contribution < 1.29 is 47.8 Å². The van der Waals surface area contributed by atoms with Crippen molar-refractivity contribution in [2.24, 2.45) is 5.73 Å². The van der Waals surface area contributed by atoms with Gasteiger partial charge in [-0.3, -0.25) is 9.59 Å². The lowest BCUT2D eigenvalue weighted by Crippen LogP contribution is -2.59. The van der Waals surface area contributed by atoms with E-state index in [1.807, 2.05) is 20.8 Å². The molecule has 2 aliphatic rings. The molecular weight excluding hydrogens is 672 g/mol. The Morgan fingerprint density at radius 3 is 1.44 bits per heavy atom. The molecule has 300 valence electrons. The van der Waals surface area contributed by atoms with Gasteiger partial charge in [-0.1, -0.05) is 72.3 Å². The predicted octanol–water partition coefficient (Wildman–Crippen LogP) is 5.30. The van der Waals surface area contributed by atoms with Gasteiger partial charge in [0.05, 0.1) is 42.5 Å². The summed E-state index contributed by atoms with van der Waals surface area (Å²) >= 11 is 0. The minimum absolute atomic E-state index is 0. The molecule has 3 amide bonds. The van der Waals surface area contributed by atoms with Crippen molar-refractivity contribution in [3.63, 3.8) is 0 Å². The Morgan fingerprint density at radius 2 is 1.10 bits per heavy atom. The third-order valence-electron chi connectivity index (χ3n) is 8.25. The highest BCUT2D eigenvalue weighted by molar-refractivity contribution is 5.74. The van der Waals surface area contributed by atoms with E-state index in [1.165, 1.54) is 25.0 Å². The van der Waals surface area contributed by atoms with E-state index in [0.29, 0.717) is 6.42 Å². The van der Waals surface area contributed by atoms with Crippen LogP contribution < -0.4 is 21.7 Å². The maximum absolute atomic E-state index is 12.3. The summed E-state index contributed by atoms with van der Waals surface area (Å²) in [4.78, 5) is 67.9. The molecule has 0 fully saturated rings. The summed E-state index contributed by atoms with van der Waals surface area (Å²) in [6.07, 6.45) is 11.4. The van der Waals surface area contributed by atoms with Crippen molar-refractivity contribution in [1.82, 2.24) is 16.0 Å². The molecule has 0 saturated heterocycles. The Balaban J connectivity index is -0.000000812. The van der Waals surface area contributed by atoms with Crippen molar-refractivity contribution in [3.05, 3.63) is 23.3 Å². The van der Waals surface area contributed by atoms with Crippen LogP contribution in [0.15, 0.2) is 23.3 Å². The van der Waals surface area contributed by atoms with E-state index >= 15 is 0 Å². The van der Waals surface area contributed by atoms with Crippen LogP contribution in [0.5, 0.6) is 0 Å². The lowest BCUT2D eigenvalue weighted by atomic mass is 9.86. The van der Waals surface area contributed by atoms with Crippen LogP contribution in [0, 0.1) is 0 Å². The third-order valence-corrected chi connectivity index (χ3v) is 8.25. The van der Waals surface area contributed by atoms with Crippen molar-refractivity contribution in [1.29, 1.82) is 0 Å². The van der Waals surface area contributed by atoms with Gasteiger partial charge in [0.2, 0.25) is 11.8 Å². The van der Waals surface area contributed by atoms with E-state index in [4.69, 9.17) is 39.1 Å². The zero-order valence-electron chi connectivity index (χ0n) is 32.6. The molecule has 0 heterocycles. The Hall–Kier alpha value is -3.67. The number of nitrogens with two attached hydrogens (primary N) is 1. The summed E-state index contributed by atoms with van der Waals surface area (Å²) in [6.45, 7) is 21.1. The summed E-state index contributed by atoms with van der Waals surface area (Å²) in [6, 6.07) is -0.777. The quantitative estimate of drug-likeness (QED) is 0.178. The lowest BCUT2D eigenvalue weighted by Gasteiger charge is -2.39. The van der Waals surface area contributed by atoms with Gasteiger partial charge in [-0.05, 0) is 72.1 Å². The minimum Gasteiger partial charge on any atom is -0.444 e. The van der Waals surface area contributed by atoms with Gasteiger partial charge in [0.15, 0.2) is 0 Å². The number of rotatable bonds is 13. The highest BCUT2D eigenvalue weighted by Gasteiger charge is 2.37. The summed E-state index contributed by atoms with van der Waals surface area (Å²) in [5.74, 6) is -0.190. The first-order chi connectivity index (χ1) is 23.9. The molecule has 5 N–H and O–H groups in total. The van der Waals surface area contributed by atoms with Gasteiger partial charge in [0.1, 0.15) is 5.60 Å². The average molecular weight is 741 g/mol. The average Bonchev–Trinajstić information content (AvgIpc) is 3.04. The van der Waals surface area contributed by atoms with Crippen LogP contribution in [0.3, 0.4) is 0 Å². The number of carbonyl (C=O) groups excluding carboxylic acids is 7. The zero-order chi connectivity index (χ0) is 39.7. The molecule has 0 radical (unpaired) electrons. The van der Waals surface area contributed by atoms with Crippen LogP contribution in [-0.2, 0) is 43.0 Å². The third kappa shape index (κ3) is 22.3. The standard InChI is InChI=1S/C20H36N2O4.C15H28N2O2.2CO2.CH4/c1-8-14-11-16(22-19(24)26-20(5,6)7)18(21-13(4)23)17(12-14)25-15(9-2)10-3;1-5-11-8-13(16)15(17-10(4)18)14(9-11)19-12(6-2)7-3;2*2-1-3;/h12,15-18H,8-11H2,1-7H3,(H,21,23)(H,22,24);9,12-15H,5-8,16H2,1-4H3,(H,17,18);;;1H4/t16-,17+,18+;13-,14+,15+;;;/m00.../s1. The highest BCUT2D eigenvalue weighted by atomic mass is 16.6. The Kier molecular flexibility index (Phi) is 29.2. The molecule has 0 aromatic heterocycles. The summed E-state index contributed by atoms with van der Waals surface area (Å²) in [5, 5.41) is 8.85. The zero-order valence-corrected chi connectivity index (χ0v) is 32.6. The van der Waals surface area contributed by atoms with Gasteiger partial charge in [-0.15, -0.1) is 0 Å². The Labute approximate surface area is 311 Å². The molecule has 52 heavy (non-hydrogen) atoms. The van der Waals surface area contributed by atoms with Crippen molar-refractivity contribution in [3.8, 4) is 0 Å². The van der Waals surface area contributed by atoms with Gasteiger partial charge in [0.25, 0.3) is 0 Å².